The number of hydrogen-bond donors (Lipinski definition) is 1. The number of amides is 1. The first kappa shape index (κ1) is 23.5. The van der Waals surface area contributed by atoms with Crippen LogP contribution in [0.2, 0.25) is 0 Å². The Morgan fingerprint density at radius 1 is 1.07 bits per heavy atom. The number of nitrogens with one attached hydrogen (secondary N) is 1. The van der Waals surface area contributed by atoms with Gasteiger partial charge in [0.15, 0.2) is 0 Å². The van der Waals surface area contributed by atoms with Crippen molar-refractivity contribution < 1.29 is 22.7 Å². The zero-order valence-electron chi connectivity index (χ0n) is 18.4. The fourth-order valence-electron chi connectivity index (χ4n) is 3.14. The van der Waals surface area contributed by atoms with Gasteiger partial charge in [0.1, 0.15) is 18.0 Å². The number of carbonyl (C=O) groups is 1. The molecule has 0 radical (unpaired) electrons. The van der Waals surface area contributed by atoms with Crippen LogP contribution >= 0.6 is 0 Å². The van der Waals surface area contributed by atoms with E-state index in [9.17, 15) is 13.2 Å². The summed E-state index contributed by atoms with van der Waals surface area (Å²) in [6.07, 6.45) is 1.74. The molecule has 0 aromatic heterocycles. The maximum atomic E-state index is 12.8. The van der Waals surface area contributed by atoms with E-state index in [2.05, 4.69) is 5.32 Å². The SMILES string of the molecule is CC[C@@H](NC(=O)CN(c1ccc(OC)cc1OC)S(C)(=O)=O)c1ccc(C)c(C)c1. The molecule has 7 nitrogen and oxygen atoms in total. The van der Waals surface area contributed by atoms with E-state index in [-0.39, 0.29) is 18.3 Å². The molecule has 0 aliphatic rings. The number of hydrogen-bond acceptors (Lipinski definition) is 5. The van der Waals surface area contributed by atoms with E-state index in [1.807, 2.05) is 39.0 Å². The van der Waals surface area contributed by atoms with Gasteiger partial charge < -0.3 is 14.8 Å². The van der Waals surface area contributed by atoms with E-state index in [0.29, 0.717) is 17.9 Å². The highest BCUT2D eigenvalue weighted by Gasteiger charge is 2.25. The molecule has 2 aromatic rings. The first-order valence-corrected chi connectivity index (χ1v) is 11.5. The van der Waals surface area contributed by atoms with Gasteiger partial charge in [-0.15, -0.1) is 0 Å². The van der Waals surface area contributed by atoms with Crippen LogP contribution in [0.15, 0.2) is 36.4 Å². The Hall–Kier alpha value is -2.74. The summed E-state index contributed by atoms with van der Waals surface area (Å²) in [5.41, 5.74) is 3.58. The molecular weight excluding hydrogens is 404 g/mol. The zero-order chi connectivity index (χ0) is 22.5. The summed E-state index contributed by atoms with van der Waals surface area (Å²) in [4.78, 5) is 12.8. The highest BCUT2D eigenvalue weighted by atomic mass is 32.2. The standard InChI is InChI=1S/C22H30N2O5S/c1-7-19(17-9-8-15(2)16(3)12-17)23-22(25)14-24(30(6,26)27)20-11-10-18(28-4)13-21(20)29-5/h8-13,19H,7,14H2,1-6H3,(H,23,25)/t19-/m1/s1. The second-order valence-electron chi connectivity index (χ2n) is 7.18. The highest BCUT2D eigenvalue weighted by molar-refractivity contribution is 7.92. The van der Waals surface area contributed by atoms with Crippen LogP contribution in [-0.2, 0) is 14.8 Å². The molecule has 1 atom stereocenters. The number of ether oxygens (including phenoxy) is 2. The van der Waals surface area contributed by atoms with Crippen molar-refractivity contribution in [3.63, 3.8) is 0 Å². The summed E-state index contributed by atoms with van der Waals surface area (Å²) < 4.78 is 36.4. The van der Waals surface area contributed by atoms with Crippen LogP contribution in [0.5, 0.6) is 11.5 Å². The third kappa shape index (κ3) is 5.66. The van der Waals surface area contributed by atoms with E-state index < -0.39 is 15.9 Å². The van der Waals surface area contributed by atoms with Crippen LogP contribution < -0.4 is 19.1 Å². The van der Waals surface area contributed by atoms with Crippen LogP contribution in [0.3, 0.4) is 0 Å². The number of benzene rings is 2. The first-order chi connectivity index (χ1) is 14.1. The Bertz CT molecular complexity index is 1000. The van der Waals surface area contributed by atoms with Crippen molar-refractivity contribution in [3.8, 4) is 11.5 Å². The Balaban J connectivity index is 2.28. The van der Waals surface area contributed by atoms with E-state index in [1.54, 1.807) is 18.2 Å². The average Bonchev–Trinajstić information content (AvgIpc) is 2.71. The van der Waals surface area contributed by atoms with E-state index in [1.165, 1.54) is 19.8 Å². The lowest BCUT2D eigenvalue weighted by Crippen LogP contribution is -2.41. The molecule has 164 valence electrons. The van der Waals surface area contributed by atoms with Crippen LogP contribution in [0.25, 0.3) is 0 Å². The number of nitrogens with zero attached hydrogens (tertiary/aromatic N) is 1. The molecule has 2 aromatic carbocycles. The second kappa shape index (κ2) is 9.84. The van der Waals surface area contributed by atoms with Gasteiger partial charge in [0.2, 0.25) is 15.9 Å². The number of carbonyl (C=O) groups excluding carboxylic acids is 1. The van der Waals surface area contributed by atoms with E-state index >= 15 is 0 Å². The van der Waals surface area contributed by atoms with Gasteiger partial charge in [0.25, 0.3) is 0 Å². The largest absolute Gasteiger partial charge is 0.497 e. The number of anilines is 1. The summed E-state index contributed by atoms with van der Waals surface area (Å²) >= 11 is 0. The lowest BCUT2D eigenvalue weighted by atomic mass is 9.99. The molecule has 0 unspecified atom stereocenters. The molecule has 0 spiro atoms. The van der Waals surface area contributed by atoms with Gasteiger partial charge in [-0.05, 0) is 49.1 Å². The number of rotatable bonds is 9. The third-order valence-corrected chi connectivity index (χ3v) is 6.15. The normalized spacial score (nSPS) is 12.2. The van der Waals surface area contributed by atoms with Gasteiger partial charge in [-0.25, -0.2) is 8.42 Å². The van der Waals surface area contributed by atoms with E-state index in [0.717, 1.165) is 21.7 Å². The van der Waals surface area contributed by atoms with Gasteiger partial charge in [-0.2, -0.15) is 0 Å². The maximum Gasteiger partial charge on any atom is 0.241 e. The molecule has 8 heteroatoms. The molecular formula is C22H30N2O5S. The van der Waals surface area contributed by atoms with Crippen molar-refractivity contribution in [2.45, 2.75) is 33.2 Å². The molecule has 0 saturated carbocycles. The molecule has 0 fully saturated rings. The van der Waals surface area contributed by atoms with Gasteiger partial charge in [-0.3, -0.25) is 9.10 Å². The topological polar surface area (TPSA) is 84.9 Å². The monoisotopic (exact) mass is 434 g/mol. The number of methoxy groups -OCH3 is 2. The highest BCUT2D eigenvalue weighted by Crippen LogP contribution is 2.33. The summed E-state index contributed by atoms with van der Waals surface area (Å²) in [5, 5.41) is 2.95. The minimum absolute atomic E-state index is 0.212. The molecule has 0 heterocycles. The van der Waals surface area contributed by atoms with Gasteiger partial charge in [0.05, 0.1) is 32.2 Å². The fraction of sp³-hybridized carbons (Fsp3) is 0.409. The first-order valence-electron chi connectivity index (χ1n) is 9.67. The lowest BCUT2D eigenvalue weighted by molar-refractivity contribution is -0.120. The number of aryl methyl sites for hydroxylation is 2. The van der Waals surface area contributed by atoms with Crippen LogP contribution in [-0.4, -0.2) is 41.3 Å². The van der Waals surface area contributed by atoms with Crippen molar-refractivity contribution in [2.75, 3.05) is 31.3 Å². The smallest absolute Gasteiger partial charge is 0.241 e. The quantitative estimate of drug-likeness (QED) is 0.654. The average molecular weight is 435 g/mol. The molecule has 0 saturated heterocycles. The molecule has 1 amide bonds. The van der Waals surface area contributed by atoms with Crippen LogP contribution in [0, 0.1) is 13.8 Å². The summed E-state index contributed by atoms with van der Waals surface area (Å²) in [7, 11) is -0.789. The van der Waals surface area contributed by atoms with E-state index in [4.69, 9.17) is 9.47 Å². The number of sulfonamides is 1. The lowest BCUT2D eigenvalue weighted by Gasteiger charge is -2.25. The molecule has 30 heavy (non-hydrogen) atoms. The van der Waals surface area contributed by atoms with Crippen molar-refractivity contribution in [1.82, 2.24) is 5.32 Å². The molecule has 2 rings (SSSR count). The van der Waals surface area contributed by atoms with Crippen molar-refractivity contribution >= 4 is 21.6 Å². The minimum atomic E-state index is -3.73. The van der Waals surface area contributed by atoms with Crippen molar-refractivity contribution in [1.29, 1.82) is 0 Å². The summed E-state index contributed by atoms with van der Waals surface area (Å²) in [6.45, 7) is 5.67. The van der Waals surface area contributed by atoms with Gasteiger partial charge in [-0.1, -0.05) is 25.1 Å². The Morgan fingerprint density at radius 3 is 2.30 bits per heavy atom. The predicted octanol–water partition coefficient (Wildman–Crippen LogP) is 3.35. The molecule has 0 bridgehead atoms. The zero-order valence-corrected chi connectivity index (χ0v) is 19.2. The Kier molecular flexibility index (Phi) is 7.72. The maximum absolute atomic E-state index is 12.8. The Morgan fingerprint density at radius 2 is 1.77 bits per heavy atom. The predicted molar refractivity (Wildman–Crippen MR) is 119 cm³/mol. The van der Waals surface area contributed by atoms with Gasteiger partial charge in [0, 0.05) is 6.07 Å². The molecule has 1 N–H and O–H groups in total. The van der Waals surface area contributed by atoms with Gasteiger partial charge >= 0.3 is 0 Å². The van der Waals surface area contributed by atoms with Crippen molar-refractivity contribution in [3.05, 3.63) is 53.1 Å². The Labute approximate surface area is 179 Å². The minimum Gasteiger partial charge on any atom is -0.497 e. The summed E-state index contributed by atoms with van der Waals surface area (Å²) in [6, 6.07) is 10.6. The second-order valence-corrected chi connectivity index (χ2v) is 9.09. The third-order valence-electron chi connectivity index (χ3n) is 5.02. The van der Waals surface area contributed by atoms with Crippen LogP contribution in [0.1, 0.15) is 36.1 Å². The van der Waals surface area contributed by atoms with Crippen LogP contribution in [0.4, 0.5) is 5.69 Å². The summed E-state index contributed by atoms with van der Waals surface area (Å²) in [5.74, 6) is 0.423. The van der Waals surface area contributed by atoms with Crippen molar-refractivity contribution in [2.24, 2.45) is 0 Å². The molecule has 0 aliphatic carbocycles. The fourth-order valence-corrected chi connectivity index (χ4v) is 4.00. The molecule has 0 aliphatic heterocycles.